The smallest absolute Gasteiger partial charge is 0.338 e. The minimum atomic E-state index is 0. The first-order valence-electron chi connectivity index (χ1n) is 3.71. The van der Waals surface area contributed by atoms with Gasteiger partial charge in [-0.2, -0.15) is 10.8 Å². The summed E-state index contributed by atoms with van der Waals surface area (Å²) >= 11 is 0. The summed E-state index contributed by atoms with van der Waals surface area (Å²) in [5.41, 5.74) is 0.500. The monoisotopic (exact) mass is 194 g/mol. The van der Waals surface area contributed by atoms with Crippen LogP contribution in [-0.4, -0.2) is 0 Å². The van der Waals surface area contributed by atoms with Crippen LogP contribution in [0, 0.1) is 24.7 Å². The molecule has 0 atom stereocenters. The van der Waals surface area contributed by atoms with Gasteiger partial charge in [0.1, 0.15) is 0 Å². The Labute approximate surface area is 83.9 Å². The Morgan fingerprint density at radius 3 is 0.636 bits per heavy atom. The maximum atomic E-state index is 3.77. The molecule has 1 heteroatoms. The normalized spacial score (nSPS) is 10.9. The molecule has 0 aromatic carbocycles. The van der Waals surface area contributed by atoms with Crippen molar-refractivity contribution in [2.75, 3.05) is 0 Å². The van der Waals surface area contributed by atoms with Crippen molar-refractivity contribution in [2.24, 2.45) is 10.8 Å². The van der Waals surface area contributed by atoms with Gasteiger partial charge < -0.3 is 13.8 Å². The van der Waals surface area contributed by atoms with E-state index in [9.17, 15) is 0 Å². The molecule has 0 aromatic heterocycles. The number of hydrogen-bond donors (Lipinski definition) is 0. The van der Waals surface area contributed by atoms with Gasteiger partial charge in [0.2, 0.25) is 0 Å². The van der Waals surface area contributed by atoms with Gasteiger partial charge in [0.25, 0.3) is 0 Å². The van der Waals surface area contributed by atoms with Crippen LogP contribution >= 0.6 is 0 Å². The summed E-state index contributed by atoms with van der Waals surface area (Å²) in [6.45, 7) is 20.0. The van der Waals surface area contributed by atoms with E-state index in [1.54, 1.807) is 0 Å². The Morgan fingerprint density at radius 1 is 0.636 bits per heavy atom. The van der Waals surface area contributed by atoms with Crippen LogP contribution < -0.4 is 0 Å². The molecule has 0 unspecified atom stereocenters. The average Bonchev–Trinajstić information content (AvgIpc) is 1.12. The van der Waals surface area contributed by atoms with Gasteiger partial charge in [0.05, 0.1) is 0 Å². The van der Waals surface area contributed by atoms with Crippen LogP contribution in [0.1, 0.15) is 41.5 Å². The van der Waals surface area contributed by atoms with Crippen molar-refractivity contribution in [3.8, 4) is 0 Å². The molecule has 0 amide bonds. The van der Waals surface area contributed by atoms with Crippen molar-refractivity contribution in [3.63, 3.8) is 0 Å². The fraction of sp³-hybridized carbons (Fsp3) is 0.800. The number of hydrogen-bond acceptors (Lipinski definition) is 0. The predicted molar refractivity (Wildman–Crippen MR) is 49.6 cm³/mol. The summed E-state index contributed by atoms with van der Waals surface area (Å²) in [6.07, 6.45) is 0. The van der Waals surface area contributed by atoms with E-state index in [0.717, 1.165) is 0 Å². The minimum absolute atomic E-state index is 0. The fourth-order valence-corrected chi connectivity index (χ4v) is 0. The first-order valence-corrected chi connectivity index (χ1v) is 3.71. The quantitative estimate of drug-likeness (QED) is 0.515. The van der Waals surface area contributed by atoms with Crippen LogP contribution in [-0.2, 0) is 17.4 Å². The molecule has 0 spiro atoms. The van der Waals surface area contributed by atoms with Crippen LogP contribution in [0.25, 0.3) is 0 Å². The van der Waals surface area contributed by atoms with Gasteiger partial charge in [-0.3, -0.25) is 0 Å². The molecule has 0 radical (unpaired) electrons. The second kappa shape index (κ2) is 6.09. The summed E-state index contributed by atoms with van der Waals surface area (Å²) < 4.78 is 0. The molecular weight excluding hydrogens is 172 g/mol. The van der Waals surface area contributed by atoms with Crippen molar-refractivity contribution in [2.45, 2.75) is 41.5 Å². The van der Waals surface area contributed by atoms with Gasteiger partial charge in [-0.05, 0) is 0 Å². The van der Waals surface area contributed by atoms with Crippen molar-refractivity contribution in [1.29, 1.82) is 0 Å². The van der Waals surface area contributed by atoms with Crippen LogP contribution in [0.3, 0.4) is 0 Å². The largest absolute Gasteiger partial charge is 4.00 e. The van der Waals surface area contributed by atoms with Gasteiger partial charge in [0.15, 0.2) is 0 Å². The molecule has 0 saturated carbocycles. The number of rotatable bonds is 0. The zero-order valence-electron chi connectivity index (χ0n) is 8.82. The van der Waals surface area contributed by atoms with E-state index >= 15 is 0 Å². The Kier molecular flexibility index (Phi) is 9.73. The van der Waals surface area contributed by atoms with Crippen LogP contribution in [0.2, 0.25) is 0 Å². The molecular formula is C10H22Cr+2. The Hall–Kier alpha value is 0.532. The standard InChI is InChI=1S/2C5H11.Cr/c2*1-5(2,3)4;/h2*1H2,2-4H3;/q2*-1;+4. The van der Waals surface area contributed by atoms with Crippen molar-refractivity contribution < 1.29 is 17.4 Å². The molecule has 0 nitrogen and oxygen atoms in total. The first-order chi connectivity index (χ1) is 4.00. The molecule has 0 aromatic rings. The van der Waals surface area contributed by atoms with Crippen molar-refractivity contribution >= 4 is 0 Å². The molecule has 0 N–H and O–H groups in total. The average molecular weight is 194 g/mol. The maximum Gasteiger partial charge on any atom is 4.00 e. The summed E-state index contributed by atoms with van der Waals surface area (Å²) in [7, 11) is 0. The van der Waals surface area contributed by atoms with Crippen LogP contribution in [0.5, 0.6) is 0 Å². The Morgan fingerprint density at radius 2 is 0.636 bits per heavy atom. The fourth-order valence-electron chi connectivity index (χ4n) is 0. The molecule has 0 fully saturated rings. The van der Waals surface area contributed by atoms with E-state index in [1.165, 1.54) is 0 Å². The molecule has 0 aliphatic heterocycles. The van der Waals surface area contributed by atoms with Gasteiger partial charge in [0, 0.05) is 0 Å². The van der Waals surface area contributed by atoms with E-state index in [4.69, 9.17) is 0 Å². The maximum absolute atomic E-state index is 3.77. The third kappa shape index (κ3) is 2700. The Bertz CT molecular complexity index is 47.9. The summed E-state index contributed by atoms with van der Waals surface area (Å²) in [6, 6.07) is 0. The van der Waals surface area contributed by atoms with Gasteiger partial charge in [-0.25, -0.2) is 0 Å². The van der Waals surface area contributed by atoms with Crippen molar-refractivity contribution in [3.05, 3.63) is 13.8 Å². The molecule has 0 bridgehead atoms. The summed E-state index contributed by atoms with van der Waals surface area (Å²) in [5, 5.41) is 0. The topological polar surface area (TPSA) is 0 Å². The minimum Gasteiger partial charge on any atom is -0.338 e. The molecule has 0 aliphatic rings. The summed E-state index contributed by atoms with van der Waals surface area (Å²) in [4.78, 5) is 0. The molecule has 0 saturated heterocycles. The third-order valence-electron chi connectivity index (χ3n) is 0. The first kappa shape index (κ1) is 17.6. The van der Waals surface area contributed by atoms with E-state index in [-0.39, 0.29) is 28.2 Å². The second-order valence-corrected chi connectivity index (χ2v) is 5.12. The predicted octanol–water partition coefficient (Wildman–Crippen LogP) is 3.73. The van der Waals surface area contributed by atoms with Gasteiger partial charge in [-0.1, -0.05) is 41.5 Å². The van der Waals surface area contributed by atoms with E-state index in [1.807, 2.05) is 0 Å². The van der Waals surface area contributed by atoms with E-state index < -0.39 is 0 Å². The molecule has 66 valence electrons. The molecule has 0 heterocycles. The van der Waals surface area contributed by atoms with E-state index in [0.29, 0.717) is 0 Å². The zero-order valence-corrected chi connectivity index (χ0v) is 10.1. The van der Waals surface area contributed by atoms with Gasteiger partial charge in [-0.15, -0.1) is 0 Å². The Balaban J connectivity index is -0.000000107. The van der Waals surface area contributed by atoms with Gasteiger partial charge >= 0.3 is 17.4 Å². The molecule has 0 rings (SSSR count). The second-order valence-electron chi connectivity index (χ2n) is 5.12. The molecule has 11 heavy (non-hydrogen) atoms. The zero-order chi connectivity index (χ0) is 9.00. The third-order valence-corrected chi connectivity index (χ3v) is 0. The molecule has 0 aliphatic carbocycles. The van der Waals surface area contributed by atoms with Crippen molar-refractivity contribution in [1.82, 2.24) is 0 Å². The van der Waals surface area contributed by atoms with E-state index in [2.05, 4.69) is 55.4 Å². The summed E-state index contributed by atoms with van der Waals surface area (Å²) in [5.74, 6) is 0. The van der Waals surface area contributed by atoms with Crippen LogP contribution in [0.15, 0.2) is 0 Å². The van der Waals surface area contributed by atoms with Crippen LogP contribution in [0.4, 0.5) is 0 Å². The SMILES string of the molecule is [CH2-]C(C)(C)C.[CH2-]C(C)(C)C.[Cr+4].